The topological polar surface area (TPSA) is 63.2 Å². The van der Waals surface area contributed by atoms with E-state index in [2.05, 4.69) is 22.7 Å². The van der Waals surface area contributed by atoms with Crippen LogP contribution in [0.25, 0.3) is 0 Å². The van der Waals surface area contributed by atoms with Crippen molar-refractivity contribution in [3.8, 4) is 0 Å². The molecule has 1 N–H and O–H groups in total. The van der Waals surface area contributed by atoms with E-state index in [1.165, 1.54) is 11.1 Å². The number of benzene rings is 1. The second kappa shape index (κ2) is 6.29. The van der Waals surface area contributed by atoms with E-state index >= 15 is 0 Å². The molecule has 0 saturated carbocycles. The molecule has 3 aliphatic heterocycles. The van der Waals surface area contributed by atoms with Crippen LogP contribution in [0.4, 0.5) is 0 Å². The summed E-state index contributed by atoms with van der Waals surface area (Å²) in [6.07, 6.45) is 2.03. The molecule has 0 spiro atoms. The number of ether oxygens (including phenoxy) is 1. The van der Waals surface area contributed by atoms with Crippen molar-refractivity contribution in [2.45, 2.75) is 38.5 Å². The van der Waals surface area contributed by atoms with Crippen LogP contribution in [0.5, 0.6) is 0 Å². The summed E-state index contributed by atoms with van der Waals surface area (Å²) in [6.45, 7) is 3.02. The van der Waals surface area contributed by atoms with E-state index in [0.29, 0.717) is 12.3 Å². The van der Waals surface area contributed by atoms with Gasteiger partial charge >= 0.3 is 0 Å². The first-order valence-corrected chi connectivity index (χ1v) is 8.22. The zero-order valence-corrected chi connectivity index (χ0v) is 13.0. The minimum atomic E-state index is -0.503. The van der Waals surface area contributed by atoms with Crippen molar-refractivity contribution in [1.29, 1.82) is 0 Å². The van der Waals surface area contributed by atoms with E-state index in [9.17, 15) is 4.79 Å². The SMILES string of the molecule is O=C(NN1Cc2ccccc2C1)C1CC(C2CCOCC2)=NO1. The molecule has 1 saturated heterocycles. The third-order valence-corrected chi connectivity index (χ3v) is 4.79. The number of fused-ring (bicyclic) bond motifs is 1. The number of hydrazine groups is 1. The lowest BCUT2D eigenvalue weighted by atomic mass is 9.92. The van der Waals surface area contributed by atoms with Crippen LogP contribution in [-0.4, -0.2) is 35.9 Å². The van der Waals surface area contributed by atoms with Crippen LogP contribution < -0.4 is 5.43 Å². The lowest BCUT2D eigenvalue weighted by Crippen LogP contribution is -2.44. The Balaban J connectivity index is 1.30. The zero-order valence-electron chi connectivity index (χ0n) is 13.0. The molecule has 3 heterocycles. The molecule has 1 fully saturated rings. The Bertz CT molecular complexity index is 600. The number of amides is 1. The van der Waals surface area contributed by atoms with Crippen molar-refractivity contribution < 1.29 is 14.4 Å². The zero-order chi connectivity index (χ0) is 15.6. The summed E-state index contributed by atoms with van der Waals surface area (Å²) in [5.74, 6) is 0.293. The highest BCUT2D eigenvalue weighted by Crippen LogP contribution is 2.25. The van der Waals surface area contributed by atoms with Gasteiger partial charge in [-0.05, 0) is 24.0 Å². The quantitative estimate of drug-likeness (QED) is 0.920. The lowest BCUT2D eigenvalue weighted by molar-refractivity contribution is -0.136. The molecule has 0 aliphatic carbocycles. The van der Waals surface area contributed by atoms with Gasteiger partial charge in [-0.15, -0.1) is 0 Å². The van der Waals surface area contributed by atoms with Gasteiger partial charge < -0.3 is 9.57 Å². The van der Waals surface area contributed by atoms with E-state index < -0.39 is 6.10 Å². The van der Waals surface area contributed by atoms with Gasteiger partial charge in [0.25, 0.3) is 5.91 Å². The van der Waals surface area contributed by atoms with Gasteiger partial charge in [0.05, 0.1) is 5.71 Å². The number of hydrogen-bond donors (Lipinski definition) is 1. The smallest absolute Gasteiger partial charge is 0.278 e. The van der Waals surface area contributed by atoms with Crippen molar-refractivity contribution in [3.63, 3.8) is 0 Å². The van der Waals surface area contributed by atoms with E-state index in [-0.39, 0.29) is 5.91 Å². The van der Waals surface area contributed by atoms with Crippen LogP contribution in [0.1, 0.15) is 30.4 Å². The van der Waals surface area contributed by atoms with Crippen molar-refractivity contribution in [2.75, 3.05) is 13.2 Å². The van der Waals surface area contributed by atoms with Crippen LogP contribution in [0.15, 0.2) is 29.4 Å². The lowest BCUT2D eigenvalue weighted by Gasteiger charge is -2.21. The summed E-state index contributed by atoms with van der Waals surface area (Å²) < 4.78 is 5.37. The molecule has 6 heteroatoms. The standard InChI is InChI=1S/C17H21N3O3/c21-17(18-20-10-13-3-1-2-4-14(13)11-20)16-9-15(19-23-16)12-5-7-22-8-6-12/h1-4,12,16H,5-11H2,(H,18,21). The highest BCUT2D eigenvalue weighted by atomic mass is 16.6. The molecule has 23 heavy (non-hydrogen) atoms. The van der Waals surface area contributed by atoms with Crippen molar-refractivity contribution in [1.82, 2.24) is 10.4 Å². The Labute approximate surface area is 135 Å². The van der Waals surface area contributed by atoms with Crippen molar-refractivity contribution in [2.24, 2.45) is 11.1 Å². The molecule has 122 valence electrons. The number of carbonyl (C=O) groups is 1. The highest BCUT2D eigenvalue weighted by Gasteiger charge is 2.34. The van der Waals surface area contributed by atoms with Gasteiger partial charge in [-0.2, -0.15) is 0 Å². The Kier molecular flexibility index (Phi) is 4.01. The van der Waals surface area contributed by atoms with Crippen LogP contribution in [0, 0.1) is 5.92 Å². The Morgan fingerprint density at radius 1 is 1.17 bits per heavy atom. The first-order valence-electron chi connectivity index (χ1n) is 8.22. The van der Waals surface area contributed by atoms with Crippen LogP contribution >= 0.6 is 0 Å². The third-order valence-electron chi connectivity index (χ3n) is 4.79. The van der Waals surface area contributed by atoms with Gasteiger partial charge in [-0.3, -0.25) is 10.2 Å². The molecule has 0 bridgehead atoms. The maximum absolute atomic E-state index is 12.4. The van der Waals surface area contributed by atoms with E-state index in [4.69, 9.17) is 9.57 Å². The monoisotopic (exact) mass is 315 g/mol. The second-order valence-electron chi connectivity index (χ2n) is 6.37. The number of nitrogens with zero attached hydrogens (tertiary/aromatic N) is 2. The maximum atomic E-state index is 12.4. The van der Waals surface area contributed by atoms with Gasteiger partial charge in [-0.1, -0.05) is 29.4 Å². The summed E-state index contributed by atoms with van der Waals surface area (Å²) in [5, 5.41) is 6.09. The molecule has 1 aromatic rings. The molecule has 0 aromatic heterocycles. The van der Waals surface area contributed by atoms with Crippen LogP contribution in [0.2, 0.25) is 0 Å². The van der Waals surface area contributed by atoms with Crippen molar-refractivity contribution >= 4 is 11.6 Å². The number of hydrogen-bond acceptors (Lipinski definition) is 5. The van der Waals surface area contributed by atoms with Gasteiger partial charge in [0.1, 0.15) is 0 Å². The molecule has 1 aromatic carbocycles. The second-order valence-corrected chi connectivity index (χ2v) is 6.37. The van der Waals surface area contributed by atoms with E-state index in [0.717, 1.165) is 44.9 Å². The summed E-state index contributed by atoms with van der Waals surface area (Å²) in [7, 11) is 0. The fourth-order valence-corrected chi connectivity index (χ4v) is 3.45. The van der Waals surface area contributed by atoms with Gasteiger partial charge in [-0.25, -0.2) is 5.01 Å². The van der Waals surface area contributed by atoms with Crippen LogP contribution in [-0.2, 0) is 27.5 Å². The number of nitrogens with one attached hydrogen (secondary N) is 1. The molecule has 4 rings (SSSR count). The van der Waals surface area contributed by atoms with Gasteiger partial charge in [0.2, 0.25) is 6.10 Å². The fraction of sp³-hybridized carbons (Fsp3) is 0.529. The molecule has 0 radical (unpaired) electrons. The molecule has 1 amide bonds. The largest absolute Gasteiger partial charge is 0.382 e. The van der Waals surface area contributed by atoms with E-state index in [1.54, 1.807) is 0 Å². The third kappa shape index (κ3) is 3.09. The predicted octanol–water partition coefficient (Wildman–Crippen LogP) is 1.60. The average Bonchev–Trinajstić information content (AvgIpc) is 3.22. The fourth-order valence-electron chi connectivity index (χ4n) is 3.45. The normalized spacial score (nSPS) is 24.9. The van der Waals surface area contributed by atoms with Gasteiger partial charge in [0.15, 0.2) is 0 Å². The molecular weight excluding hydrogens is 294 g/mol. The molecule has 6 nitrogen and oxygen atoms in total. The van der Waals surface area contributed by atoms with Crippen LogP contribution in [0.3, 0.4) is 0 Å². The minimum Gasteiger partial charge on any atom is -0.382 e. The molecule has 1 atom stereocenters. The summed E-state index contributed by atoms with van der Waals surface area (Å²) >= 11 is 0. The van der Waals surface area contributed by atoms with Crippen molar-refractivity contribution in [3.05, 3.63) is 35.4 Å². The number of carbonyl (C=O) groups excluding carboxylic acids is 1. The Hall–Kier alpha value is -1.92. The van der Waals surface area contributed by atoms with E-state index in [1.807, 2.05) is 17.1 Å². The summed E-state index contributed by atoms with van der Waals surface area (Å²) in [5.41, 5.74) is 6.50. The minimum absolute atomic E-state index is 0.108. The average molecular weight is 315 g/mol. The highest BCUT2D eigenvalue weighted by molar-refractivity contribution is 5.94. The predicted molar refractivity (Wildman–Crippen MR) is 84.3 cm³/mol. The summed E-state index contributed by atoms with van der Waals surface area (Å²) in [6, 6.07) is 8.25. The number of oxime groups is 1. The first kappa shape index (κ1) is 14.7. The molecule has 1 unspecified atom stereocenters. The Morgan fingerprint density at radius 3 is 2.57 bits per heavy atom. The number of rotatable bonds is 3. The summed E-state index contributed by atoms with van der Waals surface area (Å²) in [4.78, 5) is 17.8. The van der Waals surface area contributed by atoms with Gasteiger partial charge in [0, 0.05) is 38.6 Å². The maximum Gasteiger partial charge on any atom is 0.278 e. The molecule has 3 aliphatic rings. The first-order chi connectivity index (χ1) is 11.3. The molecular formula is C17H21N3O3. The Morgan fingerprint density at radius 2 is 1.87 bits per heavy atom.